The number of aromatic amines is 1. The fourth-order valence-electron chi connectivity index (χ4n) is 2.66. The number of methoxy groups -OCH3 is 1. The predicted molar refractivity (Wildman–Crippen MR) is 96.6 cm³/mol. The summed E-state index contributed by atoms with van der Waals surface area (Å²) in [5.41, 5.74) is 2.61. The summed E-state index contributed by atoms with van der Waals surface area (Å²) in [7, 11) is 1.51. The lowest BCUT2D eigenvalue weighted by Gasteiger charge is -2.09. The van der Waals surface area contributed by atoms with Crippen LogP contribution in [0.5, 0.6) is 5.75 Å². The number of para-hydroxylation sites is 3. The number of rotatable bonds is 5. The summed E-state index contributed by atoms with van der Waals surface area (Å²) in [4.78, 5) is 27.2. The molecule has 0 aliphatic carbocycles. The van der Waals surface area contributed by atoms with Crippen LogP contribution in [-0.4, -0.2) is 30.5 Å². The van der Waals surface area contributed by atoms with Crippen LogP contribution in [0, 0.1) is 0 Å². The number of aromatic nitrogens is 1. The molecule has 0 fully saturated rings. The van der Waals surface area contributed by atoms with Gasteiger partial charge in [-0.3, -0.25) is 9.59 Å². The van der Waals surface area contributed by atoms with Crippen LogP contribution < -0.4 is 15.4 Å². The van der Waals surface area contributed by atoms with Gasteiger partial charge in [0.2, 0.25) is 0 Å². The van der Waals surface area contributed by atoms with E-state index in [0.717, 1.165) is 16.5 Å². The first-order chi connectivity index (χ1) is 12.2. The van der Waals surface area contributed by atoms with E-state index < -0.39 is 11.8 Å². The number of H-pyrrole nitrogens is 1. The van der Waals surface area contributed by atoms with Crippen molar-refractivity contribution in [3.63, 3.8) is 0 Å². The first kappa shape index (κ1) is 16.6. The van der Waals surface area contributed by atoms with Gasteiger partial charge < -0.3 is 20.4 Å². The molecule has 0 bridgehead atoms. The summed E-state index contributed by atoms with van der Waals surface area (Å²) in [6, 6.07) is 14.9. The van der Waals surface area contributed by atoms with Crippen molar-refractivity contribution in [3.05, 3.63) is 60.3 Å². The number of carbonyl (C=O) groups excluding carboxylic acids is 2. The van der Waals surface area contributed by atoms with E-state index in [2.05, 4.69) is 15.6 Å². The topological polar surface area (TPSA) is 83.2 Å². The highest BCUT2D eigenvalue weighted by Gasteiger charge is 2.15. The molecule has 1 aromatic heterocycles. The lowest BCUT2D eigenvalue weighted by Crippen LogP contribution is -2.36. The molecule has 6 heteroatoms. The van der Waals surface area contributed by atoms with Crippen LogP contribution in [0.1, 0.15) is 5.56 Å². The van der Waals surface area contributed by atoms with E-state index in [-0.39, 0.29) is 0 Å². The fourth-order valence-corrected chi connectivity index (χ4v) is 2.66. The van der Waals surface area contributed by atoms with Gasteiger partial charge >= 0.3 is 11.8 Å². The Kier molecular flexibility index (Phi) is 4.99. The molecule has 6 nitrogen and oxygen atoms in total. The summed E-state index contributed by atoms with van der Waals surface area (Å²) < 4.78 is 5.15. The number of hydrogen-bond donors (Lipinski definition) is 3. The highest BCUT2D eigenvalue weighted by atomic mass is 16.5. The van der Waals surface area contributed by atoms with E-state index >= 15 is 0 Å². The second kappa shape index (κ2) is 7.53. The van der Waals surface area contributed by atoms with Crippen molar-refractivity contribution in [1.29, 1.82) is 0 Å². The standard InChI is InChI=1S/C19H19N3O3/c1-25-17-9-5-4-8-16(17)22-19(24)18(23)20-11-10-13-12-21-15-7-3-2-6-14(13)15/h2-9,12,21H,10-11H2,1H3,(H,20,23)(H,22,24). The molecule has 0 saturated heterocycles. The average Bonchev–Trinajstić information content (AvgIpc) is 3.05. The molecular weight excluding hydrogens is 318 g/mol. The van der Waals surface area contributed by atoms with Crippen molar-refractivity contribution in [1.82, 2.24) is 10.3 Å². The predicted octanol–water partition coefficient (Wildman–Crippen LogP) is 2.47. The van der Waals surface area contributed by atoms with Gasteiger partial charge in [-0.15, -0.1) is 0 Å². The van der Waals surface area contributed by atoms with Crippen LogP contribution in [0.15, 0.2) is 54.7 Å². The molecule has 0 aliphatic heterocycles. The van der Waals surface area contributed by atoms with Gasteiger partial charge in [0, 0.05) is 23.6 Å². The number of nitrogens with one attached hydrogen (secondary N) is 3. The van der Waals surface area contributed by atoms with E-state index in [4.69, 9.17) is 4.74 Å². The van der Waals surface area contributed by atoms with Gasteiger partial charge in [-0.25, -0.2) is 0 Å². The number of carbonyl (C=O) groups is 2. The zero-order chi connectivity index (χ0) is 17.6. The van der Waals surface area contributed by atoms with E-state index in [1.165, 1.54) is 7.11 Å². The molecule has 3 aromatic rings. The molecule has 25 heavy (non-hydrogen) atoms. The van der Waals surface area contributed by atoms with Gasteiger partial charge in [0.05, 0.1) is 12.8 Å². The molecule has 128 valence electrons. The zero-order valence-electron chi connectivity index (χ0n) is 13.8. The number of hydrogen-bond acceptors (Lipinski definition) is 3. The lowest BCUT2D eigenvalue weighted by atomic mass is 10.1. The van der Waals surface area contributed by atoms with Crippen LogP contribution >= 0.6 is 0 Å². The largest absolute Gasteiger partial charge is 0.495 e. The quantitative estimate of drug-likeness (QED) is 0.626. The smallest absolute Gasteiger partial charge is 0.313 e. The molecule has 0 atom stereocenters. The van der Waals surface area contributed by atoms with Crippen molar-refractivity contribution in [2.75, 3.05) is 19.0 Å². The minimum absolute atomic E-state index is 0.375. The monoisotopic (exact) mass is 337 g/mol. The van der Waals surface area contributed by atoms with E-state index in [1.54, 1.807) is 24.3 Å². The van der Waals surface area contributed by atoms with Crippen molar-refractivity contribution in [3.8, 4) is 5.75 Å². The molecule has 0 aliphatic rings. The highest BCUT2D eigenvalue weighted by molar-refractivity contribution is 6.39. The number of ether oxygens (including phenoxy) is 1. The summed E-state index contributed by atoms with van der Waals surface area (Å²) in [6.45, 7) is 0.375. The Labute approximate surface area is 145 Å². The fraction of sp³-hybridized carbons (Fsp3) is 0.158. The molecule has 0 saturated carbocycles. The Morgan fingerprint density at radius 1 is 1.04 bits per heavy atom. The number of amides is 2. The summed E-state index contributed by atoms with van der Waals surface area (Å²) in [5, 5.41) is 6.31. The molecule has 3 N–H and O–H groups in total. The SMILES string of the molecule is COc1ccccc1NC(=O)C(=O)NCCc1c[nH]c2ccccc12. The summed E-state index contributed by atoms with van der Waals surface area (Å²) >= 11 is 0. The first-order valence-corrected chi connectivity index (χ1v) is 7.96. The van der Waals surface area contributed by atoms with Crippen LogP contribution in [0.2, 0.25) is 0 Å². The first-order valence-electron chi connectivity index (χ1n) is 7.96. The van der Waals surface area contributed by atoms with Gasteiger partial charge in [0.25, 0.3) is 0 Å². The molecule has 0 spiro atoms. The molecule has 0 unspecified atom stereocenters. The Hall–Kier alpha value is -3.28. The van der Waals surface area contributed by atoms with E-state index in [0.29, 0.717) is 24.4 Å². The second-order valence-corrected chi connectivity index (χ2v) is 5.52. The molecule has 2 amide bonds. The molecule has 1 heterocycles. The second-order valence-electron chi connectivity index (χ2n) is 5.52. The molecule has 2 aromatic carbocycles. The van der Waals surface area contributed by atoms with Crippen molar-refractivity contribution in [2.45, 2.75) is 6.42 Å². The van der Waals surface area contributed by atoms with Crippen LogP contribution in [0.25, 0.3) is 10.9 Å². The summed E-state index contributed by atoms with van der Waals surface area (Å²) in [5.74, 6) is -0.892. The van der Waals surface area contributed by atoms with E-state index in [9.17, 15) is 9.59 Å². The Morgan fingerprint density at radius 3 is 2.64 bits per heavy atom. The normalized spacial score (nSPS) is 10.4. The van der Waals surface area contributed by atoms with Crippen LogP contribution in [0.4, 0.5) is 5.69 Å². The number of fused-ring (bicyclic) bond motifs is 1. The lowest BCUT2D eigenvalue weighted by molar-refractivity contribution is -0.136. The minimum atomic E-state index is -0.719. The number of benzene rings is 2. The van der Waals surface area contributed by atoms with Gasteiger partial charge in [-0.2, -0.15) is 0 Å². The Balaban J connectivity index is 1.54. The maximum absolute atomic E-state index is 12.0. The maximum atomic E-state index is 12.0. The third-order valence-electron chi connectivity index (χ3n) is 3.92. The molecular formula is C19H19N3O3. The van der Waals surface area contributed by atoms with Crippen molar-refractivity contribution in [2.24, 2.45) is 0 Å². The van der Waals surface area contributed by atoms with Gasteiger partial charge in [0.1, 0.15) is 5.75 Å². The minimum Gasteiger partial charge on any atom is -0.495 e. The average molecular weight is 337 g/mol. The van der Waals surface area contributed by atoms with Gasteiger partial charge in [-0.05, 0) is 30.2 Å². The highest BCUT2D eigenvalue weighted by Crippen LogP contribution is 2.22. The van der Waals surface area contributed by atoms with Crippen molar-refractivity contribution < 1.29 is 14.3 Å². The van der Waals surface area contributed by atoms with Crippen LogP contribution in [-0.2, 0) is 16.0 Å². The third-order valence-corrected chi connectivity index (χ3v) is 3.92. The zero-order valence-corrected chi connectivity index (χ0v) is 13.8. The molecule has 3 rings (SSSR count). The third kappa shape index (κ3) is 3.80. The Bertz CT molecular complexity index is 902. The van der Waals surface area contributed by atoms with Crippen molar-refractivity contribution >= 4 is 28.4 Å². The maximum Gasteiger partial charge on any atom is 0.313 e. The van der Waals surface area contributed by atoms with Gasteiger partial charge in [-0.1, -0.05) is 30.3 Å². The van der Waals surface area contributed by atoms with Gasteiger partial charge in [0.15, 0.2) is 0 Å². The molecule has 0 radical (unpaired) electrons. The van der Waals surface area contributed by atoms with Crippen LogP contribution in [0.3, 0.4) is 0 Å². The summed E-state index contributed by atoms with van der Waals surface area (Å²) in [6.07, 6.45) is 2.56. The number of anilines is 1. The van der Waals surface area contributed by atoms with E-state index in [1.807, 2.05) is 30.5 Å². The Morgan fingerprint density at radius 2 is 1.80 bits per heavy atom.